The van der Waals surface area contributed by atoms with Crippen molar-refractivity contribution in [1.29, 1.82) is 0 Å². The van der Waals surface area contributed by atoms with Gasteiger partial charge in [0, 0.05) is 6.61 Å². The van der Waals surface area contributed by atoms with Gasteiger partial charge >= 0.3 is 0 Å². The van der Waals surface area contributed by atoms with Crippen molar-refractivity contribution in [3.8, 4) is 0 Å². The van der Waals surface area contributed by atoms with Gasteiger partial charge in [0.15, 0.2) is 0 Å². The normalized spacial score (nSPS) is 31.9. The van der Waals surface area contributed by atoms with E-state index in [0.717, 1.165) is 55.0 Å². The van der Waals surface area contributed by atoms with Gasteiger partial charge in [0.25, 0.3) is 0 Å². The SMILES string of the molecule is [O]C(CC(C1CCCCC1)C(CC(CC1CCCC1)C1CCCC1)C1CCCCC1)C1CCO1. The van der Waals surface area contributed by atoms with Gasteiger partial charge in [-0.2, -0.15) is 0 Å². The minimum absolute atomic E-state index is 0.0298. The number of rotatable bonds is 11. The number of hydrogen-bond acceptors (Lipinski definition) is 1. The van der Waals surface area contributed by atoms with Gasteiger partial charge in [-0.1, -0.05) is 116 Å². The molecule has 4 saturated carbocycles. The fourth-order valence-electron chi connectivity index (χ4n) is 9.46. The fraction of sp³-hybridized carbons (Fsp3) is 1.00. The van der Waals surface area contributed by atoms with Gasteiger partial charge in [-0.15, -0.1) is 0 Å². The molecule has 0 bridgehead atoms. The van der Waals surface area contributed by atoms with Crippen LogP contribution in [0.4, 0.5) is 0 Å². The first-order valence-electron chi connectivity index (χ1n) is 16.1. The van der Waals surface area contributed by atoms with Crippen molar-refractivity contribution in [3.63, 3.8) is 0 Å². The molecule has 0 spiro atoms. The maximum atomic E-state index is 13.4. The Morgan fingerprint density at radius 2 is 1.03 bits per heavy atom. The Balaban J connectivity index is 1.37. The quantitative estimate of drug-likeness (QED) is 0.295. The lowest BCUT2D eigenvalue weighted by atomic mass is 9.61. The summed E-state index contributed by atoms with van der Waals surface area (Å²) in [7, 11) is 0. The van der Waals surface area contributed by atoms with Crippen molar-refractivity contribution < 1.29 is 9.84 Å². The van der Waals surface area contributed by atoms with Crippen molar-refractivity contribution in [3.05, 3.63) is 0 Å². The van der Waals surface area contributed by atoms with Crippen LogP contribution in [0, 0.1) is 41.4 Å². The molecular weight excluding hydrogens is 416 g/mol. The highest BCUT2D eigenvalue weighted by atomic mass is 16.5. The topological polar surface area (TPSA) is 29.1 Å². The van der Waals surface area contributed by atoms with E-state index in [-0.39, 0.29) is 6.10 Å². The summed E-state index contributed by atoms with van der Waals surface area (Å²) in [6, 6.07) is 0. The van der Waals surface area contributed by atoms with E-state index in [1.807, 2.05) is 0 Å². The minimum atomic E-state index is -0.466. The molecule has 0 aromatic carbocycles. The molecule has 5 atom stereocenters. The summed E-state index contributed by atoms with van der Waals surface area (Å²) in [5.41, 5.74) is 0. The van der Waals surface area contributed by atoms with Gasteiger partial charge in [0.2, 0.25) is 0 Å². The molecule has 1 heterocycles. The minimum Gasteiger partial charge on any atom is -0.375 e. The molecule has 34 heavy (non-hydrogen) atoms. The average molecular weight is 472 g/mol. The van der Waals surface area contributed by atoms with Crippen molar-refractivity contribution in [2.45, 2.75) is 153 Å². The Morgan fingerprint density at radius 3 is 1.56 bits per heavy atom. The summed E-state index contributed by atoms with van der Waals surface area (Å²) in [5, 5.41) is 13.4. The Morgan fingerprint density at radius 1 is 0.559 bits per heavy atom. The molecule has 0 aromatic rings. The molecular formula is C32H55O2. The van der Waals surface area contributed by atoms with Crippen LogP contribution < -0.4 is 0 Å². The zero-order chi connectivity index (χ0) is 23.2. The second-order valence-corrected chi connectivity index (χ2v) is 13.5. The Labute approximate surface area is 211 Å². The van der Waals surface area contributed by atoms with Crippen LogP contribution in [-0.2, 0) is 9.84 Å². The maximum absolute atomic E-state index is 13.4. The van der Waals surface area contributed by atoms with E-state index in [2.05, 4.69) is 0 Å². The average Bonchev–Trinajstić information content (AvgIpc) is 3.55. The highest BCUT2D eigenvalue weighted by Crippen LogP contribution is 2.50. The van der Waals surface area contributed by atoms with Gasteiger partial charge in [-0.3, -0.25) is 0 Å². The van der Waals surface area contributed by atoms with Crippen LogP contribution >= 0.6 is 0 Å². The molecule has 195 valence electrons. The first-order chi connectivity index (χ1) is 16.8. The lowest BCUT2D eigenvalue weighted by molar-refractivity contribution is -0.148. The molecule has 2 nitrogen and oxygen atoms in total. The summed E-state index contributed by atoms with van der Waals surface area (Å²) < 4.78 is 5.74. The van der Waals surface area contributed by atoms with Crippen LogP contribution in [0.1, 0.15) is 141 Å². The predicted molar refractivity (Wildman–Crippen MR) is 140 cm³/mol. The van der Waals surface area contributed by atoms with Gasteiger partial charge in [0.05, 0.1) is 6.10 Å². The first-order valence-corrected chi connectivity index (χ1v) is 16.1. The summed E-state index contributed by atoms with van der Waals surface area (Å²) in [6.07, 6.45) is 30.8. The van der Waals surface area contributed by atoms with Crippen LogP contribution in [-0.4, -0.2) is 18.8 Å². The lowest BCUT2D eigenvalue weighted by Gasteiger charge is -2.45. The molecule has 4 aliphatic carbocycles. The lowest BCUT2D eigenvalue weighted by Crippen LogP contribution is -2.42. The van der Waals surface area contributed by atoms with Crippen LogP contribution in [0.15, 0.2) is 0 Å². The molecule has 0 amide bonds. The monoisotopic (exact) mass is 471 g/mol. The van der Waals surface area contributed by atoms with E-state index in [1.165, 1.54) is 128 Å². The third kappa shape index (κ3) is 6.62. The molecule has 5 fully saturated rings. The molecule has 5 rings (SSSR count). The molecule has 0 aromatic heterocycles. The van der Waals surface area contributed by atoms with E-state index < -0.39 is 6.10 Å². The van der Waals surface area contributed by atoms with Gasteiger partial charge in [-0.25, -0.2) is 5.11 Å². The summed E-state index contributed by atoms with van der Waals surface area (Å²) >= 11 is 0. The Bertz CT molecular complexity index is 562. The van der Waals surface area contributed by atoms with E-state index >= 15 is 0 Å². The van der Waals surface area contributed by atoms with Gasteiger partial charge in [-0.05, 0) is 67.1 Å². The molecule has 1 saturated heterocycles. The zero-order valence-corrected chi connectivity index (χ0v) is 22.3. The summed E-state index contributed by atoms with van der Waals surface area (Å²) in [6.45, 7) is 0.828. The summed E-state index contributed by atoms with van der Waals surface area (Å²) in [5.74, 6) is 6.21. The van der Waals surface area contributed by atoms with Crippen molar-refractivity contribution in [1.82, 2.24) is 0 Å². The van der Waals surface area contributed by atoms with E-state index in [1.54, 1.807) is 0 Å². The van der Waals surface area contributed by atoms with Crippen molar-refractivity contribution in [2.24, 2.45) is 41.4 Å². The Hall–Kier alpha value is -0.0800. The van der Waals surface area contributed by atoms with E-state index in [4.69, 9.17) is 4.74 Å². The predicted octanol–water partition coefficient (Wildman–Crippen LogP) is 9.13. The standard InChI is InChI=1S/C32H55O2/c33-31(32-19-20-34-32)23-30(27-17-5-2-6-18-27)29(26-15-3-1-4-16-26)22-28(25-13-9-10-14-25)21-24-11-7-8-12-24/h24-32H,1-23H2. The second kappa shape index (κ2) is 12.9. The van der Waals surface area contributed by atoms with Crippen LogP contribution in [0.25, 0.3) is 0 Å². The Kier molecular flexibility index (Phi) is 9.73. The first kappa shape index (κ1) is 25.6. The van der Waals surface area contributed by atoms with E-state index in [9.17, 15) is 5.11 Å². The highest BCUT2D eigenvalue weighted by Gasteiger charge is 2.42. The van der Waals surface area contributed by atoms with Crippen molar-refractivity contribution >= 4 is 0 Å². The maximum Gasteiger partial charge on any atom is 0.119 e. The highest BCUT2D eigenvalue weighted by molar-refractivity contribution is 4.91. The summed E-state index contributed by atoms with van der Waals surface area (Å²) in [4.78, 5) is 0. The van der Waals surface area contributed by atoms with Crippen LogP contribution in [0.2, 0.25) is 0 Å². The van der Waals surface area contributed by atoms with Crippen LogP contribution in [0.3, 0.4) is 0 Å². The molecule has 0 N–H and O–H groups in total. The van der Waals surface area contributed by atoms with Crippen LogP contribution in [0.5, 0.6) is 0 Å². The van der Waals surface area contributed by atoms with Gasteiger partial charge < -0.3 is 4.74 Å². The second-order valence-electron chi connectivity index (χ2n) is 13.5. The van der Waals surface area contributed by atoms with Gasteiger partial charge in [0.1, 0.15) is 6.10 Å². The molecule has 1 radical (unpaired) electrons. The molecule has 5 aliphatic rings. The third-order valence-corrected chi connectivity index (χ3v) is 11.5. The van der Waals surface area contributed by atoms with Crippen molar-refractivity contribution in [2.75, 3.05) is 6.61 Å². The third-order valence-electron chi connectivity index (χ3n) is 11.5. The smallest absolute Gasteiger partial charge is 0.119 e. The fourth-order valence-corrected chi connectivity index (χ4v) is 9.46. The molecule has 1 aliphatic heterocycles. The zero-order valence-electron chi connectivity index (χ0n) is 22.3. The van der Waals surface area contributed by atoms with E-state index in [0.29, 0.717) is 5.92 Å². The number of hydrogen-bond donors (Lipinski definition) is 0. The molecule has 2 heteroatoms. The number of ether oxygens (including phenoxy) is 1. The molecule has 5 unspecified atom stereocenters. The largest absolute Gasteiger partial charge is 0.375 e.